The Morgan fingerprint density at radius 3 is 2.50 bits per heavy atom. The minimum absolute atomic E-state index is 0.0250. The molecule has 0 fully saturated rings. The van der Waals surface area contributed by atoms with Crippen LogP contribution in [-0.4, -0.2) is 41.5 Å². The molecule has 0 aliphatic carbocycles. The third-order valence-corrected chi connectivity index (χ3v) is 10.8. The lowest BCUT2D eigenvalue weighted by Crippen LogP contribution is -2.45. The Kier molecular flexibility index (Phi) is 8.27. The lowest BCUT2D eigenvalue weighted by Gasteiger charge is -2.39. The summed E-state index contributed by atoms with van der Waals surface area (Å²) >= 11 is 0. The number of nitrogens with zero attached hydrogens (tertiary/aromatic N) is 3. The van der Waals surface area contributed by atoms with Crippen molar-refractivity contribution in [1.82, 2.24) is 14.5 Å². The van der Waals surface area contributed by atoms with Gasteiger partial charge in [0.2, 0.25) is 5.88 Å². The van der Waals surface area contributed by atoms with Crippen molar-refractivity contribution >= 4 is 14.2 Å². The van der Waals surface area contributed by atoms with E-state index in [4.69, 9.17) is 14.9 Å². The van der Waals surface area contributed by atoms with Crippen molar-refractivity contribution in [3.63, 3.8) is 0 Å². The van der Waals surface area contributed by atoms with Crippen molar-refractivity contribution in [2.24, 2.45) is 5.73 Å². The Morgan fingerprint density at radius 1 is 1.12 bits per heavy atom. The number of hydrogen-bond donors (Lipinski definition) is 1. The van der Waals surface area contributed by atoms with Crippen LogP contribution in [0.2, 0.25) is 18.1 Å². The summed E-state index contributed by atoms with van der Waals surface area (Å²) in [4.78, 5) is 20.2. The number of aromatic nitrogens is 3. The van der Waals surface area contributed by atoms with Gasteiger partial charge in [-0.25, -0.2) is 9.97 Å². The molecule has 0 spiro atoms. The molecule has 3 rings (SSSR count). The second-order valence-corrected chi connectivity index (χ2v) is 14.8. The lowest BCUT2D eigenvalue weighted by atomic mass is 10.1. The second kappa shape index (κ2) is 11.0. The molecule has 2 aromatic heterocycles. The number of carbonyl (C=O) groups excluding carboxylic acids is 1. The largest absolute Gasteiger partial charge is 0.478 e. The number of ether oxygens (including phenoxy) is 1. The van der Waals surface area contributed by atoms with Crippen LogP contribution in [0.15, 0.2) is 61.1 Å². The van der Waals surface area contributed by atoms with Gasteiger partial charge in [-0.2, -0.15) is 0 Å². The van der Waals surface area contributed by atoms with Crippen molar-refractivity contribution < 1.29 is 14.0 Å². The number of imidazole rings is 1. The highest BCUT2D eigenvalue weighted by Crippen LogP contribution is 2.38. The van der Waals surface area contributed by atoms with Crippen LogP contribution in [0.1, 0.15) is 44.1 Å². The van der Waals surface area contributed by atoms with E-state index in [0.717, 1.165) is 24.1 Å². The number of pyridine rings is 1. The summed E-state index contributed by atoms with van der Waals surface area (Å²) in [6.07, 6.45) is 4.92. The Balaban J connectivity index is 1.61. The van der Waals surface area contributed by atoms with E-state index in [2.05, 4.69) is 43.8 Å². The zero-order valence-corrected chi connectivity index (χ0v) is 21.8. The van der Waals surface area contributed by atoms with Gasteiger partial charge in [0.1, 0.15) is 5.69 Å². The SMILES string of the molecule is CC(C)(C)[Si](C)(C)O[C@@H](CCCOc1cccc(-c2ccccc2)n1)Cn1cnc(C(N)=O)c1. The smallest absolute Gasteiger partial charge is 0.268 e. The predicted molar refractivity (Wildman–Crippen MR) is 137 cm³/mol. The first-order chi connectivity index (χ1) is 16.0. The van der Waals surface area contributed by atoms with E-state index in [1.54, 1.807) is 12.5 Å². The molecule has 0 unspecified atom stereocenters. The Morgan fingerprint density at radius 2 is 1.85 bits per heavy atom. The molecule has 0 saturated heterocycles. The van der Waals surface area contributed by atoms with E-state index < -0.39 is 14.2 Å². The molecule has 3 aromatic rings. The summed E-state index contributed by atoms with van der Waals surface area (Å²) in [5.41, 5.74) is 7.57. The van der Waals surface area contributed by atoms with E-state index in [1.807, 2.05) is 53.1 Å². The summed E-state index contributed by atoms with van der Waals surface area (Å²) < 4.78 is 14.6. The van der Waals surface area contributed by atoms with Gasteiger partial charge in [-0.05, 0) is 37.0 Å². The Labute approximate surface area is 203 Å². The first kappa shape index (κ1) is 25.6. The van der Waals surface area contributed by atoms with Gasteiger partial charge >= 0.3 is 0 Å². The zero-order chi connectivity index (χ0) is 24.8. The summed E-state index contributed by atoms with van der Waals surface area (Å²) in [5, 5.41) is 0.0941. The van der Waals surface area contributed by atoms with Crippen LogP contribution in [0.4, 0.5) is 0 Å². The molecule has 182 valence electrons. The summed E-state index contributed by atoms with van der Waals surface area (Å²) in [6.45, 7) is 12.3. The monoisotopic (exact) mass is 480 g/mol. The van der Waals surface area contributed by atoms with Gasteiger partial charge in [0.05, 0.1) is 24.7 Å². The van der Waals surface area contributed by atoms with Crippen molar-refractivity contribution in [2.45, 2.75) is 64.4 Å². The Hall–Kier alpha value is -2.97. The molecule has 0 aliphatic heterocycles. The number of nitrogens with two attached hydrogens (primary N) is 1. The van der Waals surface area contributed by atoms with Gasteiger partial charge in [0.25, 0.3) is 5.91 Å². The number of rotatable bonds is 11. The van der Waals surface area contributed by atoms with Gasteiger partial charge in [-0.1, -0.05) is 57.2 Å². The molecule has 2 heterocycles. The molecule has 0 aliphatic rings. The van der Waals surface area contributed by atoms with Gasteiger partial charge in [-0.3, -0.25) is 4.79 Å². The summed E-state index contributed by atoms with van der Waals surface area (Å²) in [7, 11) is -1.98. The quantitative estimate of drug-likeness (QED) is 0.297. The highest BCUT2D eigenvalue weighted by atomic mass is 28.4. The highest BCUT2D eigenvalue weighted by molar-refractivity contribution is 6.74. The maximum absolute atomic E-state index is 11.4. The molecule has 2 N–H and O–H groups in total. The minimum atomic E-state index is -1.98. The molecule has 0 bridgehead atoms. The number of carbonyl (C=O) groups is 1. The predicted octanol–water partition coefficient (Wildman–Crippen LogP) is 5.29. The molecule has 1 amide bonds. The van der Waals surface area contributed by atoms with Crippen LogP contribution in [0, 0.1) is 0 Å². The number of hydrogen-bond acceptors (Lipinski definition) is 5. The van der Waals surface area contributed by atoms with E-state index in [0.29, 0.717) is 19.0 Å². The fourth-order valence-corrected chi connectivity index (χ4v) is 4.74. The molecule has 1 atom stereocenters. The van der Waals surface area contributed by atoms with Crippen molar-refractivity contribution in [2.75, 3.05) is 6.61 Å². The molecule has 0 radical (unpaired) electrons. The fourth-order valence-electron chi connectivity index (χ4n) is 3.36. The van der Waals surface area contributed by atoms with Crippen LogP contribution in [0.5, 0.6) is 5.88 Å². The topological polar surface area (TPSA) is 92.3 Å². The van der Waals surface area contributed by atoms with Crippen molar-refractivity contribution in [3.05, 3.63) is 66.7 Å². The van der Waals surface area contributed by atoms with Crippen LogP contribution in [0.25, 0.3) is 11.3 Å². The lowest BCUT2D eigenvalue weighted by molar-refractivity contribution is 0.0995. The molecule has 34 heavy (non-hydrogen) atoms. The molecule has 8 heteroatoms. The van der Waals surface area contributed by atoms with E-state index in [-0.39, 0.29) is 16.8 Å². The first-order valence-electron chi connectivity index (χ1n) is 11.7. The third-order valence-electron chi connectivity index (χ3n) is 6.28. The van der Waals surface area contributed by atoms with Crippen LogP contribution in [0.3, 0.4) is 0 Å². The van der Waals surface area contributed by atoms with Gasteiger partial charge in [0, 0.05) is 24.4 Å². The fraction of sp³-hybridized carbons (Fsp3) is 0.423. The Bertz CT molecular complexity index is 1080. The zero-order valence-electron chi connectivity index (χ0n) is 20.8. The molecule has 1 aromatic carbocycles. The standard InChI is InChI=1S/C26H36N4O3Si/c1-26(2,3)34(4,5)33-21(17-30-18-23(25(27)31)28-19-30)13-10-16-32-24-15-9-14-22(29-24)20-11-7-6-8-12-20/h6-9,11-12,14-15,18-19,21H,10,13,16-17H2,1-5H3,(H2,27,31)/t21-/m0/s1. The van der Waals surface area contributed by atoms with Crippen LogP contribution in [-0.2, 0) is 11.0 Å². The minimum Gasteiger partial charge on any atom is -0.478 e. The van der Waals surface area contributed by atoms with Crippen LogP contribution < -0.4 is 10.5 Å². The first-order valence-corrected chi connectivity index (χ1v) is 14.6. The highest BCUT2D eigenvalue weighted by Gasteiger charge is 2.39. The number of primary amides is 1. The molecule has 7 nitrogen and oxygen atoms in total. The number of benzene rings is 1. The third kappa shape index (κ3) is 7.01. The van der Waals surface area contributed by atoms with Gasteiger partial charge < -0.3 is 19.5 Å². The van der Waals surface area contributed by atoms with Gasteiger partial charge in [-0.15, -0.1) is 0 Å². The van der Waals surface area contributed by atoms with Crippen molar-refractivity contribution in [1.29, 1.82) is 0 Å². The normalized spacial score (nSPS) is 13.0. The average molecular weight is 481 g/mol. The maximum Gasteiger partial charge on any atom is 0.268 e. The van der Waals surface area contributed by atoms with E-state index >= 15 is 0 Å². The average Bonchev–Trinajstić information content (AvgIpc) is 3.25. The molecular weight excluding hydrogens is 444 g/mol. The molecular formula is C26H36N4O3Si. The van der Waals surface area contributed by atoms with Gasteiger partial charge in [0.15, 0.2) is 8.32 Å². The van der Waals surface area contributed by atoms with Crippen LogP contribution >= 0.6 is 0 Å². The summed E-state index contributed by atoms with van der Waals surface area (Å²) in [5.74, 6) is 0.0863. The summed E-state index contributed by atoms with van der Waals surface area (Å²) in [6, 6.07) is 15.9. The number of amides is 1. The van der Waals surface area contributed by atoms with E-state index in [1.165, 1.54) is 0 Å². The van der Waals surface area contributed by atoms with E-state index in [9.17, 15) is 4.79 Å². The maximum atomic E-state index is 11.4. The second-order valence-electron chi connectivity index (χ2n) is 10.0. The molecule has 0 saturated carbocycles. The van der Waals surface area contributed by atoms with Crippen molar-refractivity contribution in [3.8, 4) is 17.1 Å².